The lowest BCUT2D eigenvalue weighted by Gasteiger charge is -2.17. The number of thiophene rings is 1. The van der Waals surface area contributed by atoms with Crippen LogP contribution in [0.4, 0.5) is 5.00 Å². The van der Waals surface area contributed by atoms with Crippen LogP contribution in [0.25, 0.3) is 0 Å². The van der Waals surface area contributed by atoms with Gasteiger partial charge in [0.25, 0.3) is 0 Å². The van der Waals surface area contributed by atoms with Gasteiger partial charge in [0, 0.05) is 11.4 Å². The summed E-state index contributed by atoms with van der Waals surface area (Å²) < 4.78 is 4.94. The number of aryl methyl sites for hydroxylation is 1. The van der Waals surface area contributed by atoms with E-state index in [0.717, 1.165) is 34.8 Å². The van der Waals surface area contributed by atoms with E-state index in [-0.39, 0.29) is 5.97 Å². The van der Waals surface area contributed by atoms with Crippen molar-refractivity contribution in [2.24, 2.45) is 5.92 Å². The van der Waals surface area contributed by atoms with Gasteiger partial charge in [-0.3, -0.25) is 0 Å². The smallest absolute Gasteiger partial charge is 0.341 e. The molecule has 1 unspecified atom stereocenters. The first-order valence-electron chi connectivity index (χ1n) is 8.73. The molecule has 0 saturated heterocycles. The van der Waals surface area contributed by atoms with E-state index in [2.05, 4.69) is 24.5 Å². The molecule has 0 saturated carbocycles. The number of nitrogens with one attached hydrogen (secondary N) is 2. The van der Waals surface area contributed by atoms with Gasteiger partial charge in [-0.25, -0.2) is 4.79 Å². The molecule has 0 aliphatic heterocycles. The van der Waals surface area contributed by atoms with E-state index in [4.69, 9.17) is 17.0 Å². The molecular weight excluding hydrogens is 340 g/mol. The summed E-state index contributed by atoms with van der Waals surface area (Å²) in [7, 11) is 1.41. The summed E-state index contributed by atoms with van der Waals surface area (Å²) in [5.74, 6) is 0.317. The second-order valence-corrected chi connectivity index (χ2v) is 7.57. The Bertz CT molecular complexity index is 555. The molecule has 0 spiro atoms. The molecule has 136 valence electrons. The summed E-state index contributed by atoms with van der Waals surface area (Å²) in [4.78, 5) is 13.2. The van der Waals surface area contributed by atoms with Gasteiger partial charge < -0.3 is 15.4 Å². The molecule has 0 aliphatic rings. The summed E-state index contributed by atoms with van der Waals surface area (Å²) in [5.41, 5.74) is 1.65. The Morgan fingerprint density at radius 1 is 1.33 bits per heavy atom. The lowest BCUT2D eigenvalue weighted by Crippen LogP contribution is -2.33. The van der Waals surface area contributed by atoms with Crippen molar-refractivity contribution in [3.8, 4) is 0 Å². The van der Waals surface area contributed by atoms with Crippen LogP contribution in [0.5, 0.6) is 0 Å². The minimum absolute atomic E-state index is 0.309. The Morgan fingerprint density at radius 3 is 2.58 bits per heavy atom. The molecule has 2 N–H and O–H groups in total. The Hall–Kier alpha value is -1.14. The van der Waals surface area contributed by atoms with Gasteiger partial charge >= 0.3 is 5.97 Å². The lowest BCUT2D eigenvalue weighted by atomic mass is 9.99. The molecule has 6 heteroatoms. The van der Waals surface area contributed by atoms with Gasteiger partial charge in [-0.2, -0.15) is 0 Å². The monoisotopic (exact) mass is 370 g/mol. The highest BCUT2D eigenvalue weighted by molar-refractivity contribution is 7.80. The van der Waals surface area contributed by atoms with Crippen molar-refractivity contribution in [2.45, 2.75) is 59.8 Å². The zero-order valence-electron chi connectivity index (χ0n) is 15.5. The van der Waals surface area contributed by atoms with Gasteiger partial charge in [-0.1, -0.05) is 40.0 Å². The molecule has 24 heavy (non-hydrogen) atoms. The largest absolute Gasteiger partial charge is 0.465 e. The third-order valence-corrected chi connectivity index (χ3v) is 5.58. The quantitative estimate of drug-likeness (QED) is 0.478. The summed E-state index contributed by atoms with van der Waals surface area (Å²) >= 11 is 6.97. The summed E-state index contributed by atoms with van der Waals surface area (Å²) in [6.07, 6.45) is 5.62. The number of thiocarbonyl (C=S) groups is 1. The molecule has 1 aromatic heterocycles. The molecule has 0 aliphatic carbocycles. The van der Waals surface area contributed by atoms with Crippen molar-refractivity contribution in [3.63, 3.8) is 0 Å². The number of carbonyl (C=O) groups excluding carboxylic acids is 1. The lowest BCUT2D eigenvalue weighted by molar-refractivity contribution is 0.0601. The maximum absolute atomic E-state index is 12.1. The normalized spacial score (nSPS) is 11.9. The minimum atomic E-state index is -0.309. The highest BCUT2D eigenvalue weighted by atomic mass is 32.1. The van der Waals surface area contributed by atoms with Crippen molar-refractivity contribution in [1.29, 1.82) is 0 Å². The number of hydrogen-bond acceptors (Lipinski definition) is 4. The standard InChI is InChI=1S/C18H30N2O2S2/c1-6-9-10-13(7-2)11-19-18(23)20-16-15(17(21)22-5)14(8-3)12(4)24-16/h13H,6-11H2,1-5H3,(H2,19,20,23). The minimum Gasteiger partial charge on any atom is -0.465 e. The van der Waals surface area contributed by atoms with Crippen LogP contribution in [0, 0.1) is 12.8 Å². The van der Waals surface area contributed by atoms with E-state index in [9.17, 15) is 4.79 Å². The molecule has 0 aromatic carbocycles. The first-order chi connectivity index (χ1) is 11.5. The van der Waals surface area contributed by atoms with Gasteiger partial charge in [0.1, 0.15) is 5.00 Å². The molecular formula is C18H30N2O2S2. The Morgan fingerprint density at radius 2 is 2.04 bits per heavy atom. The number of rotatable bonds is 9. The molecule has 4 nitrogen and oxygen atoms in total. The van der Waals surface area contributed by atoms with E-state index < -0.39 is 0 Å². The number of unbranched alkanes of at least 4 members (excludes halogenated alkanes) is 1. The number of hydrogen-bond donors (Lipinski definition) is 2. The number of esters is 1. The number of anilines is 1. The van der Waals surface area contributed by atoms with Crippen LogP contribution < -0.4 is 10.6 Å². The van der Waals surface area contributed by atoms with Gasteiger partial charge in [0.2, 0.25) is 0 Å². The van der Waals surface area contributed by atoms with Crippen molar-refractivity contribution < 1.29 is 9.53 Å². The molecule has 1 rings (SSSR count). The predicted octanol–water partition coefficient (Wildman–Crippen LogP) is 4.91. The number of methoxy groups -OCH3 is 1. The first-order valence-corrected chi connectivity index (χ1v) is 9.96. The molecule has 0 bridgehead atoms. The van der Waals surface area contributed by atoms with Crippen LogP contribution in [0.3, 0.4) is 0 Å². The van der Waals surface area contributed by atoms with Gasteiger partial charge in [-0.05, 0) is 43.5 Å². The van der Waals surface area contributed by atoms with Crippen LogP contribution in [0.2, 0.25) is 0 Å². The van der Waals surface area contributed by atoms with E-state index in [1.807, 2.05) is 13.8 Å². The van der Waals surface area contributed by atoms with E-state index in [0.29, 0.717) is 16.6 Å². The van der Waals surface area contributed by atoms with Gasteiger partial charge in [0.05, 0.1) is 12.7 Å². The Labute approximate surface area is 155 Å². The summed E-state index contributed by atoms with van der Waals surface area (Å²) in [6, 6.07) is 0. The van der Waals surface area contributed by atoms with Crippen molar-refractivity contribution in [2.75, 3.05) is 19.0 Å². The molecule has 1 aromatic rings. The molecule has 0 radical (unpaired) electrons. The maximum atomic E-state index is 12.1. The molecule has 1 atom stereocenters. The first kappa shape index (κ1) is 20.9. The fourth-order valence-corrected chi connectivity index (χ4v) is 4.13. The van der Waals surface area contributed by atoms with Crippen LogP contribution >= 0.6 is 23.6 Å². The SMILES string of the molecule is CCCCC(CC)CNC(=S)Nc1sc(C)c(CC)c1C(=O)OC. The Kier molecular flexibility index (Phi) is 9.29. The zero-order chi connectivity index (χ0) is 18.1. The topological polar surface area (TPSA) is 50.4 Å². The van der Waals surface area contributed by atoms with Crippen LogP contribution in [0.1, 0.15) is 67.3 Å². The third kappa shape index (κ3) is 5.74. The van der Waals surface area contributed by atoms with Crippen LogP contribution in [0.15, 0.2) is 0 Å². The van der Waals surface area contributed by atoms with Crippen molar-refractivity contribution in [1.82, 2.24) is 5.32 Å². The van der Waals surface area contributed by atoms with Crippen molar-refractivity contribution in [3.05, 3.63) is 16.0 Å². The highest BCUT2D eigenvalue weighted by Crippen LogP contribution is 2.33. The molecule has 0 fully saturated rings. The average Bonchev–Trinajstić information content (AvgIpc) is 2.89. The van der Waals surface area contributed by atoms with E-state index in [1.165, 1.54) is 26.4 Å². The number of ether oxygens (including phenoxy) is 1. The maximum Gasteiger partial charge on any atom is 0.341 e. The molecule has 0 amide bonds. The van der Waals surface area contributed by atoms with Crippen LogP contribution in [-0.4, -0.2) is 24.7 Å². The van der Waals surface area contributed by atoms with Crippen LogP contribution in [-0.2, 0) is 11.2 Å². The predicted molar refractivity (Wildman–Crippen MR) is 107 cm³/mol. The summed E-state index contributed by atoms with van der Waals surface area (Å²) in [5, 5.41) is 7.83. The second-order valence-electron chi connectivity index (χ2n) is 5.94. The van der Waals surface area contributed by atoms with E-state index >= 15 is 0 Å². The average molecular weight is 371 g/mol. The van der Waals surface area contributed by atoms with E-state index in [1.54, 1.807) is 11.3 Å². The highest BCUT2D eigenvalue weighted by Gasteiger charge is 2.22. The van der Waals surface area contributed by atoms with Crippen molar-refractivity contribution >= 4 is 39.6 Å². The van der Waals surface area contributed by atoms with Gasteiger partial charge in [-0.15, -0.1) is 11.3 Å². The fraction of sp³-hybridized carbons (Fsp3) is 0.667. The fourth-order valence-electron chi connectivity index (χ4n) is 2.74. The zero-order valence-corrected chi connectivity index (χ0v) is 17.1. The number of carbonyl (C=O) groups is 1. The molecule has 1 heterocycles. The third-order valence-electron chi connectivity index (χ3n) is 4.27. The second kappa shape index (κ2) is 10.7. The van der Waals surface area contributed by atoms with Gasteiger partial charge in [0.15, 0.2) is 5.11 Å². The summed E-state index contributed by atoms with van der Waals surface area (Å²) in [6.45, 7) is 9.35. The Balaban J connectivity index is 2.75.